The Hall–Kier alpha value is -1.42. The number of hydrogen-bond donors (Lipinski definition) is 2. The number of rotatable bonds is 4. The Morgan fingerprint density at radius 1 is 1.32 bits per heavy atom. The molecule has 19 heavy (non-hydrogen) atoms. The van der Waals surface area contributed by atoms with Crippen molar-refractivity contribution in [3.8, 4) is 0 Å². The van der Waals surface area contributed by atoms with Crippen LogP contribution >= 0.6 is 0 Å². The second-order valence-corrected chi connectivity index (χ2v) is 6.56. The molecule has 1 aromatic rings. The van der Waals surface area contributed by atoms with E-state index in [9.17, 15) is 4.79 Å². The Labute approximate surface area is 115 Å². The number of nitrogens with one attached hydrogen (secondary N) is 1. The number of aromatic nitrogens is 1. The van der Waals surface area contributed by atoms with Gasteiger partial charge in [-0.25, -0.2) is 0 Å². The minimum absolute atomic E-state index is 0.0202. The first kappa shape index (κ1) is 15.6. The molecule has 0 bridgehead atoms. The van der Waals surface area contributed by atoms with Gasteiger partial charge in [0.1, 0.15) is 0 Å². The highest BCUT2D eigenvalue weighted by Crippen LogP contribution is 2.36. The van der Waals surface area contributed by atoms with Gasteiger partial charge < -0.3 is 11.1 Å². The molecule has 0 aliphatic rings. The van der Waals surface area contributed by atoms with Crippen LogP contribution in [0.3, 0.4) is 0 Å². The van der Waals surface area contributed by atoms with E-state index in [0.717, 1.165) is 5.69 Å². The first-order valence-electron chi connectivity index (χ1n) is 6.60. The number of pyridine rings is 1. The average Bonchev–Trinajstić information content (AvgIpc) is 2.34. The van der Waals surface area contributed by atoms with Crippen molar-refractivity contribution in [2.24, 2.45) is 16.6 Å². The van der Waals surface area contributed by atoms with Gasteiger partial charge in [0.2, 0.25) is 0 Å². The van der Waals surface area contributed by atoms with Crippen LogP contribution in [0.5, 0.6) is 0 Å². The number of amides is 1. The van der Waals surface area contributed by atoms with E-state index in [1.54, 1.807) is 18.3 Å². The van der Waals surface area contributed by atoms with E-state index in [4.69, 9.17) is 5.73 Å². The molecule has 3 N–H and O–H groups in total. The molecule has 0 fully saturated rings. The first-order chi connectivity index (χ1) is 8.67. The topological polar surface area (TPSA) is 68.0 Å². The van der Waals surface area contributed by atoms with E-state index in [1.165, 1.54) is 0 Å². The van der Waals surface area contributed by atoms with Gasteiger partial charge in [-0.3, -0.25) is 9.78 Å². The van der Waals surface area contributed by atoms with Crippen LogP contribution in [0.4, 0.5) is 0 Å². The largest absolute Gasteiger partial charge is 0.351 e. The van der Waals surface area contributed by atoms with Crippen molar-refractivity contribution in [3.63, 3.8) is 0 Å². The fourth-order valence-corrected chi connectivity index (χ4v) is 1.40. The van der Waals surface area contributed by atoms with Crippen LogP contribution in [0, 0.1) is 10.8 Å². The molecule has 0 spiro atoms. The van der Waals surface area contributed by atoms with Crippen molar-refractivity contribution >= 4 is 5.91 Å². The second kappa shape index (κ2) is 5.70. The van der Waals surface area contributed by atoms with E-state index in [1.807, 2.05) is 0 Å². The average molecular weight is 263 g/mol. The highest BCUT2D eigenvalue weighted by molar-refractivity contribution is 5.94. The summed E-state index contributed by atoms with van der Waals surface area (Å²) < 4.78 is 0. The molecule has 4 nitrogen and oxygen atoms in total. The molecule has 1 heterocycles. The van der Waals surface area contributed by atoms with Gasteiger partial charge in [-0.05, 0) is 23.0 Å². The molecule has 0 radical (unpaired) electrons. The maximum atomic E-state index is 12.1. The maximum Gasteiger partial charge on any atom is 0.251 e. The van der Waals surface area contributed by atoms with Crippen molar-refractivity contribution < 1.29 is 4.79 Å². The zero-order valence-corrected chi connectivity index (χ0v) is 12.6. The van der Waals surface area contributed by atoms with Crippen molar-refractivity contribution in [2.45, 2.75) is 41.2 Å². The van der Waals surface area contributed by atoms with Crippen LogP contribution < -0.4 is 11.1 Å². The van der Waals surface area contributed by atoms with E-state index >= 15 is 0 Å². The summed E-state index contributed by atoms with van der Waals surface area (Å²) in [7, 11) is 0. The van der Waals surface area contributed by atoms with Gasteiger partial charge in [-0.15, -0.1) is 0 Å². The molecule has 0 aliphatic heterocycles. The Kier molecular flexibility index (Phi) is 4.69. The Bertz CT molecular complexity index is 447. The lowest BCUT2D eigenvalue weighted by Gasteiger charge is -2.38. The van der Waals surface area contributed by atoms with Crippen LogP contribution in [0.2, 0.25) is 0 Å². The molecule has 4 heteroatoms. The summed E-state index contributed by atoms with van der Waals surface area (Å²) in [4.78, 5) is 16.2. The molecular weight excluding hydrogens is 238 g/mol. The summed E-state index contributed by atoms with van der Waals surface area (Å²) in [5, 5.41) is 2.99. The Morgan fingerprint density at radius 2 is 1.95 bits per heavy atom. The summed E-state index contributed by atoms with van der Waals surface area (Å²) in [5.74, 6) is -0.0746. The molecule has 106 valence electrons. The number of nitrogens with two attached hydrogens (primary N) is 1. The number of carbonyl (C=O) groups excluding carboxylic acids is 1. The molecule has 0 saturated heterocycles. The fourth-order valence-electron chi connectivity index (χ4n) is 1.40. The van der Waals surface area contributed by atoms with Crippen molar-refractivity contribution in [3.05, 3.63) is 29.6 Å². The lowest BCUT2D eigenvalue weighted by atomic mass is 9.69. The molecule has 0 aromatic carbocycles. The summed E-state index contributed by atoms with van der Waals surface area (Å²) >= 11 is 0. The van der Waals surface area contributed by atoms with Gasteiger partial charge >= 0.3 is 0 Å². The third kappa shape index (κ3) is 4.03. The van der Waals surface area contributed by atoms with Gasteiger partial charge in [0, 0.05) is 24.8 Å². The zero-order valence-electron chi connectivity index (χ0n) is 12.6. The van der Waals surface area contributed by atoms with Crippen LogP contribution in [0.1, 0.15) is 50.7 Å². The molecular formula is C15H25N3O. The van der Waals surface area contributed by atoms with Crippen molar-refractivity contribution in [1.29, 1.82) is 0 Å². The van der Waals surface area contributed by atoms with E-state index in [2.05, 4.69) is 44.9 Å². The van der Waals surface area contributed by atoms with E-state index in [0.29, 0.717) is 18.7 Å². The number of nitrogens with zero attached hydrogens (tertiary/aromatic N) is 1. The first-order valence-corrected chi connectivity index (χ1v) is 6.60. The highest BCUT2D eigenvalue weighted by atomic mass is 16.1. The van der Waals surface area contributed by atoms with Crippen LogP contribution in [0.25, 0.3) is 0 Å². The van der Waals surface area contributed by atoms with Crippen molar-refractivity contribution in [1.82, 2.24) is 10.3 Å². The van der Waals surface area contributed by atoms with Gasteiger partial charge in [0.15, 0.2) is 0 Å². The lowest BCUT2D eigenvalue weighted by molar-refractivity contribution is 0.0867. The zero-order chi connectivity index (χ0) is 14.7. The van der Waals surface area contributed by atoms with Crippen LogP contribution in [-0.4, -0.2) is 17.4 Å². The summed E-state index contributed by atoms with van der Waals surface area (Å²) in [6.45, 7) is 11.8. The third-order valence-corrected chi connectivity index (χ3v) is 4.01. The predicted molar refractivity (Wildman–Crippen MR) is 77.7 cm³/mol. The molecule has 1 rings (SSSR count). The lowest BCUT2D eigenvalue weighted by Crippen LogP contribution is -2.41. The molecule has 1 aromatic heterocycles. The Morgan fingerprint density at radius 3 is 2.47 bits per heavy atom. The quantitative estimate of drug-likeness (QED) is 0.876. The molecule has 0 saturated carbocycles. The van der Waals surface area contributed by atoms with Gasteiger partial charge in [-0.2, -0.15) is 0 Å². The minimum Gasteiger partial charge on any atom is -0.351 e. The molecule has 0 aliphatic carbocycles. The summed E-state index contributed by atoms with van der Waals surface area (Å²) in [6.07, 6.45) is 1.62. The monoisotopic (exact) mass is 263 g/mol. The third-order valence-electron chi connectivity index (χ3n) is 4.01. The minimum atomic E-state index is -0.0746. The Balaban J connectivity index is 2.70. The van der Waals surface area contributed by atoms with Gasteiger partial charge in [0.25, 0.3) is 5.91 Å². The van der Waals surface area contributed by atoms with Gasteiger partial charge in [-0.1, -0.05) is 34.6 Å². The van der Waals surface area contributed by atoms with Crippen LogP contribution in [-0.2, 0) is 6.54 Å². The van der Waals surface area contributed by atoms with Crippen LogP contribution in [0.15, 0.2) is 18.3 Å². The second-order valence-electron chi connectivity index (χ2n) is 6.56. The molecule has 0 unspecified atom stereocenters. The molecule has 0 atom stereocenters. The smallest absolute Gasteiger partial charge is 0.251 e. The summed E-state index contributed by atoms with van der Waals surface area (Å²) in [6, 6.07) is 3.44. The van der Waals surface area contributed by atoms with E-state index < -0.39 is 0 Å². The molecule has 1 amide bonds. The SMILES string of the molecule is CC(C)(C)C(C)(C)CNC(=O)c1ccnc(CN)c1. The number of hydrogen-bond acceptors (Lipinski definition) is 3. The summed E-state index contributed by atoms with van der Waals surface area (Å²) in [5.41, 5.74) is 7.01. The van der Waals surface area contributed by atoms with E-state index in [-0.39, 0.29) is 16.7 Å². The maximum absolute atomic E-state index is 12.1. The highest BCUT2D eigenvalue weighted by Gasteiger charge is 2.32. The normalized spacial score (nSPS) is 12.3. The van der Waals surface area contributed by atoms with Crippen molar-refractivity contribution in [2.75, 3.05) is 6.54 Å². The standard InChI is InChI=1S/C15H25N3O/c1-14(2,3)15(4,5)10-18-13(19)11-6-7-17-12(8-11)9-16/h6-8H,9-10,16H2,1-5H3,(H,18,19). The fraction of sp³-hybridized carbons (Fsp3) is 0.600. The van der Waals surface area contributed by atoms with Gasteiger partial charge in [0.05, 0.1) is 5.69 Å². The number of carbonyl (C=O) groups is 1. The predicted octanol–water partition coefficient (Wildman–Crippen LogP) is 2.34.